The fraction of sp³-hybridized carbons (Fsp3) is 0.667. The fourth-order valence-electron chi connectivity index (χ4n) is 2.51. The zero-order valence-corrected chi connectivity index (χ0v) is 12.9. The van der Waals surface area contributed by atoms with Crippen LogP contribution in [0.3, 0.4) is 0 Å². The summed E-state index contributed by atoms with van der Waals surface area (Å²) in [4.78, 5) is 25.7. The van der Waals surface area contributed by atoms with Crippen LogP contribution < -0.4 is 10.2 Å². The van der Waals surface area contributed by atoms with E-state index in [9.17, 15) is 9.59 Å². The molecule has 6 nitrogen and oxygen atoms in total. The first kappa shape index (κ1) is 15.5. The number of carbonyl (C=O) groups is 2. The van der Waals surface area contributed by atoms with E-state index >= 15 is 0 Å². The minimum atomic E-state index is -0.0431. The second-order valence-corrected chi connectivity index (χ2v) is 5.47. The second kappa shape index (κ2) is 7.24. The van der Waals surface area contributed by atoms with Gasteiger partial charge in [-0.1, -0.05) is 13.3 Å². The Balaban J connectivity index is 1.85. The van der Waals surface area contributed by atoms with Crippen LogP contribution in [0.5, 0.6) is 0 Å². The van der Waals surface area contributed by atoms with E-state index in [1.54, 1.807) is 4.90 Å². The molecule has 6 heteroatoms. The van der Waals surface area contributed by atoms with Crippen molar-refractivity contribution in [3.63, 3.8) is 0 Å². The van der Waals surface area contributed by atoms with Crippen LogP contribution in [0.1, 0.15) is 44.7 Å². The van der Waals surface area contributed by atoms with E-state index in [1.165, 1.54) is 0 Å². The van der Waals surface area contributed by atoms with Crippen molar-refractivity contribution >= 4 is 17.6 Å². The first-order valence-electron chi connectivity index (χ1n) is 7.73. The molecule has 0 spiro atoms. The molecule has 2 rings (SSSR count). The SMILES string of the molecule is CCCCNC(=O)CCC(=O)N1CCCn2nc(C)cc21. The summed E-state index contributed by atoms with van der Waals surface area (Å²) in [6.45, 7) is 6.26. The van der Waals surface area contributed by atoms with Gasteiger partial charge in [-0.3, -0.25) is 14.5 Å². The van der Waals surface area contributed by atoms with E-state index in [4.69, 9.17) is 0 Å². The van der Waals surface area contributed by atoms with Crippen molar-refractivity contribution in [3.8, 4) is 0 Å². The van der Waals surface area contributed by atoms with Crippen LogP contribution in [-0.2, 0) is 16.1 Å². The van der Waals surface area contributed by atoms with Gasteiger partial charge >= 0.3 is 0 Å². The summed E-state index contributed by atoms with van der Waals surface area (Å²) in [7, 11) is 0. The van der Waals surface area contributed by atoms with Crippen molar-refractivity contribution in [2.24, 2.45) is 0 Å². The van der Waals surface area contributed by atoms with Crippen LogP contribution in [0.25, 0.3) is 0 Å². The van der Waals surface area contributed by atoms with Gasteiger partial charge in [0.1, 0.15) is 5.82 Å². The molecule has 0 aromatic carbocycles. The molecule has 116 valence electrons. The number of amides is 2. The van der Waals surface area contributed by atoms with E-state index in [0.29, 0.717) is 13.1 Å². The summed E-state index contributed by atoms with van der Waals surface area (Å²) in [5, 5.41) is 7.21. The average molecular weight is 292 g/mol. The number of rotatable bonds is 6. The van der Waals surface area contributed by atoms with Crippen LogP contribution in [0.4, 0.5) is 5.82 Å². The molecule has 1 aliphatic heterocycles. The van der Waals surface area contributed by atoms with Crippen LogP contribution in [0, 0.1) is 6.92 Å². The predicted molar refractivity (Wildman–Crippen MR) is 81.1 cm³/mol. The highest BCUT2D eigenvalue weighted by atomic mass is 16.2. The van der Waals surface area contributed by atoms with E-state index in [0.717, 1.165) is 37.3 Å². The minimum absolute atomic E-state index is 0.00138. The normalized spacial score (nSPS) is 13.9. The third-order valence-corrected chi connectivity index (χ3v) is 3.63. The summed E-state index contributed by atoms with van der Waals surface area (Å²) in [5.41, 5.74) is 0.919. The minimum Gasteiger partial charge on any atom is -0.356 e. The number of fused-ring (bicyclic) bond motifs is 1. The lowest BCUT2D eigenvalue weighted by Gasteiger charge is -2.27. The highest BCUT2D eigenvalue weighted by Crippen LogP contribution is 2.22. The summed E-state index contributed by atoms with van der Waals surface area (Å²) in [6, 6.07) is 1.93. The Kier molecular flexibility index (Phi) is 5.36. The summed E-state index contributed by atoms with van der Waals surface area (Å²) < 4.78 is 1.87. The van der Waals surface area contributed by atoms with Crippen molar-refractivity contribution in [1.82, 2.24) is 15.1 Å². The molecule has 0 bridgehead atoms. The van der Waals surface area contributed by atoms with Gasteiger partial charge in [0.25, 0.3) is 0 Å². The highest BCUT2D eigenvalue weighted by molar-refractivity contribution is 5.95. The molecule has 0 saturated heterocycles. The average Bonchev–Trinajstić information content (AvgIpc) is 2.85. The molecular weight excluding hydrogens is 268 g/mol. The van der Waals surface area contributed by atoms with Crippen molar-refractivity contribution in [2.75, 3.05) is 18.0 Å². The Bertz CT molecular complexity index is 510. The maximum atomic E-state index is 12.3. The number of aromatic nitrogens is 2. The highest BCUT2D eigenvalue weighted by Gasteiger charge is 2.24. The van der Waals surface area contributed by atoms with E-state index in [-0.39, 0.29) is 24.7 Å². The van der Waals surface area contributed by atoms with Crippen molar-refractivity contribution in [3.05, 3.63) is 11.8 Å². The molecule has 0 radical (unpaired) electrons. The largest absolute Gasteiger partial charge is 0.356 e. The number of hydrogen-bond donors (Lipinski definition) is 1. The van der Waals surface area contributed by atoms with Gasteiger partial charge < -0.3 is 5.32 Å². The number of anilines is 1. The van der Waals surface area contributed by atoms with E-state index < -0.39 is 0 Å². The number of aryl methyl sites for hydroxylation is 2. The fourth-order valence-corrected chi connectivity index (χ4v) is 2.51. The number of unbranched alkanes of at least 4 members (excludes halogenated alkanes) is 1. The zero-order valence-electron chi connectivity index (χ0n) is 12.9. The first-order chi connectivity index (χ1) is 10.1. The van der Waals surface area contributed by atoms with Crippen LogP contribution in [0.2, 0.25) is 0 Å². The zero-order chi connectivity index (χ0) is 15.2. The van der Waals surface area contributed by atoms with Gasteiger partial charge in [0.2, 0.25) is 11.8 Å². The van der Waals surface area contributed by atoms with Gasteiger partial charge in [-0.25, -0.2) is 4.68 Å². The number of hydrogen-bond acceptors (Lipinski definition) is 3. The third kappa shape index (κ3) is 4.06. The van der Waals surface area contributed by atoms with Gasteiger partial charge in [-0.2, -0.15) is 5.10 Å². The Morgan fingerprint density at radius 2 is 2.14 bits per heavy atom. The van der Waals surface area contributed by atoms with Crippen molar-refractivity contribution in [2.45, 2.75) is 52.5 Å². The van der Waals surface area contributed by atoms with Gasteiger partial charge in [-0.15, -0.1) is 0 Å². The molecule has 0 unspecified atom stereocenters. The molecule has 1 aliphatic rings. The maximum Gasteiger partial charge on any atom is 0.228 e. The van der Waals surface area contributed by atoms with Gasteiger partial charge in [0.05, 0.1) is 5.69 Å². The maximum absolute atomic E-state index is 12.3. The van der Waals surface area contributed by atoms with Gasteiger partial charge in [-0.05, 0) is 19.8 Å². The van der Waals surface area contributed by atoms with Crippen molar-refractivity contribution in [1.29, 1.82) is 0 Å². The molecule has 0 atom stereocenters. The topological polar surface area (TPSA) is 67.2 Å². The Morgan fingerprint density at radius 1 is 1.33 bits per heavy atom. The standard InChI is InChI=1S/C15H24N4O2/c1-3-4-8-16-13(20)6-7-15(21)18-9-5-10-19-14(18)11-12(2)17-19/h11H,3-10H2,1-2H3,(H,16,20). The molecule has 0 aliphatic carbocycles. The molecule has 0 saturated carbocycles. The van der Waals surface area contributed by atoms with E-state index in [2.05, 4.69) is 17.3 Å². The summed E-state index contributed by atoms with van der Waals surface area (Å²) in [5.74, 6) is 0.815. The quantitative estimate of drug-likeness (QED) is 0.810. The van der Waals surface area contributed by atoms with Gasteiger partial charge in [0.15, 0.2) is 0 Å². The monoisotopic (exact) mass is 292 g/mol. The first-order valence-corrected chi connectivity index (χ1v) is 7.73. The molecule has 1 aromatic heterocycles. The number of carbonyl (C=O) groups excluding carboxylic acids is 2. The van der Waals surface area contributed by atoms with Crippen molar-refractivity contribution < 1.29 is 9.59 Å². The lowest BCUT2D eigenvalue weighted by Crippen LogP contribution is -2.38. The second-order valence-electron chi connectivity index (χ2n) is 5.47. The molecule has 0 fully saturated rings. The Hall–Kier alpha value is -1.85. The predicted octanol–water partition coefficient (Wildman–Crippen LogP) is 1.62. The third-order valence-electron chi connectivity index (χ3n) is 3.63. The smallest absolute Gasteiger partial charge is 0.228 e. The van der Waals surface area contributed by atoms with Crippen LogP contribution in [-0.4, -0.2) is 34.7 Å². The van der Waals surface area contributed by atoms with Crippen LogP contribution in [0.15, 0.2) is 6.07 Å². The molecule has 2 heterocycles. The molecule has 1 N–H and O–H groups in total. The molecular formula is C15H24N4O2. The number of nitrogens with one attached hydrogen (secondary N) is 1. The summed E-state index contributed by atoms with van der Waals surface area (Å²) >= 11 is 0. The molecule has 2 amide bonds. The van der Waals surface area contributed by atoms with Crippen LogP contribution >= 0.6 is 0 Å². The Labute approximate surface area is 125 Å². The van der Waals surface area contributed by atoms with Gasteiger partial charge in [0, 0.05) is 38.5 Å². The Morgan fingerprint density at radius 3 is 2.90 bits per heavy atom. The number of nitrogens with zero attached hydrogens (tertiary/aromatic N) is 3. The lowest BCUT2D eigenvalue weighted by molar-refractivity contribution is -0.125. The molecule has 21 heavy (non-hydrogen) atoms. The van der Waals surface area contributed by atoms with E-state index in [1.807, 2.05) is 17.7 Å². The summed E-state index contributed by atoms with van der Waals surface area (Å²) in [6.07, 6.45) is 3.44. The lowest BCUT2D eigenvalue weighted by atomic mass is 10.2. The molecule has 1 aromatic rings.